The lowest BCUT2D eigenvalue weighted by atomic mass is 9.92. The fourth-order valence-electron chi connectivity index (χ4n) is 4.15. The molecular formula is C22H26N2O. The molecule has 0 N–H and O–H groups in total. The first-order valence-electron chi connectivity index (χ1n) is 9.41. The predicted octanol–water partition coefficient (Wildman–Crippen LogP) is 3.45. The molecule has 1 atom stereocenters. The molecule has 130 valence electrons. The molecule has 0 aliphatic carbocycles. The van der Waals surface area contributed by atoms with E-state index in [0.717, 1.165) is 44.6 Å². The summed E-state index contributed by atoms with van der Waals surface area (Å²) >= 11 is 0. The zero-order valence-corrected chi connectivity index (χ0v) is 14.9. The SMILES string of the molecule is CC[C@@H](C(=O)N1CC(N2CCc3ccccc3C2)C1)c1ccccc1. The van der Waals surface area contributed by atoms with Crippen molar-refractivity contribution in [3.05, 3.63) is 71.3 Å². The van der Waals surface area contributed by atoms with Gasteiger partial charge in [-0.1, -0.05) is 61.5 Å². The Morgan fingerprint density at radius 2 is 1.72 bits per heavy atom. The summed E-state index contributed by atoms with van der Waals surface area (Å²) in [5.74, 6) is 0.298. The van der Waals surface area contributed by atoms with Gasteiger partial charge in [0.05, 0.1) is 5.92 Å². The minimum Gasteiger partial charge on any atom is -0.339 e. The van der Waals surface area contributed by atoms with E-state index in [-0.39, 0.29) is 5.92 Å². The molecule has 2 heterocycles. The molecule has 3 nitrogen and oxygen atoms in total. The Balaban J connectivity index is 1.36. The van der Waals surface area contributed by atoms with Crippen molar-refractivity contribution < 1.29 is 4.79 Å². The molecule has 0 bridgehead atoms. The van der Waals surface area contributed by atoms with Crippen LogP contribution in [0.5, 0.6) is 0 Å². The summed E-state index contributed by atoms with van der Waals surface area (Å²) in [5, 5.41) is 0. The number of hydrogen-bond donors (Lipinski definition) is 0. The van der Waals surface area contributed by atoms with Gasteiger partial charge in [-0.25, -0.2) is 0 Å². The summed E-state index contributed by atoms with van der Waals surface area (Å²) < 4.78 is 0. The van der Waals surface area contributed by atoms with Gasteiger partial charge in [-0.2, -0.15) is 0 Å². The minimum absolute atomic E-state index is 0.00392. The smallest absolute Gasteiger partial charge is 0.230 e. The lowest BCUT2D eigenvalue weighted by molar-refractivity contribution is -0.140. The molecule has 1 amide bonds. The zero-order valence-electron chi connectivity index (χ0n) is 14.9. The molecule has 1 fully saturated rings. The molecule has 0 radical (unpaired) electrons. The van der Waals surface area contributed by atoms with Crippen LogP contribution in [0, 0.1) is 0 Å². The highest BCUT2D eigenvalue weighted by molar-refractivity contribution is 5.84. The van der Waals surface area contributed by atoms with E-state index in [1.54, 1.807) is 0 Å². The Morgan fingerprint density at radius 3 is 2.44 bits per heavy atom. The van der Waals surface area contributed by atoms with Crippen LogP contribution in [0.2, 0.25) is 0 Å². The molecule has 0 saturated carbocycles. The van der Waals surface area contributed by atoms with Crippen LogP contribution < -0.4 is 0 Å². The fourth-order valence-corrected chi connectivity index (χ4v) is 4.15. The fraction of sp³-hybridized carbons (Fsp3) is 0.409. The van der Waals surface area contributed by atoms with Crippen LogP contribution in [0.4, 0.5) is 0 Å². The van der Waals surface area contributed by atoms with Crippen molar-refractivity contribution in [2.75, 3.05) is 19.6 Å². The average molecular weight is 334 g/mol. The van der Waals surface area contributed by atoms with Crippen molar-refractivity contribution in [2.45, 2.75) is 38.3 Å². The average Bonchev–Trinajstić information content (AvgIpc) is 2.62. The van der Waals surface area contributed by atoms with Crippen molar-refractivity contribution in [3.8, 4) is 0 Å². The van der Waals surface area contributed by atoms with Crippen molar-refractivity contribution >= 4 is 5.91 Å². The second-order valence-electron chi connectivity index (χ2n) is 7.26. The van der Waals surface area contributed by atoms with Crippen LogP contribution in [0.15, 0.2) is 54.6 Å². The van der Waals surface area contributed by atoms with Crippen LogP contribution >= 0.6 is 0 Å². The normalized spacial score (nSPS) is 19.2. The Morgan fingerprint density at radius 1 is 1.04 bits per heavy atom. The molecule has 2 aromatic carbocycles. The number of likely N-dealkylation sites (tertiary alicyclic amines) is 1. The van der Waals surface area contributed by atoms with Gasteiger partial charge in [0.15, 0.2) is 0 Å². The van der Waals surface area contributed by atoms with Crippen LogP contribution in [0.25, 0.3) is 0 Å². The summed E-state index contributed by atoms with van der Waals surface area (Å²) in [7, 11) is 0. The molecule has 3 heteroatoms. The van der Waals surface area contributed by atoms with Gasteiger partial charge in [0, 0.05) is 32.2 Å². The van der Waals surface area contributed by atoms with Gasteiger partial charge in [-0.15, -0.1) is 0 Å². The van der Waals surface area contributed by atoms with Crippen molar-refractivity contribution in [2.24, 2.45) is 0 Å². The number of carbonyl (C=O) groups is 1. The minimum atomic E-state index is 0.00392. The van der Waals surface area contributed by atoms with E-state index in [4.69, 9.17) is 0 Å². The number of benzene rings is 2. The Hall–Kier alpha value is -2.13. The summed E-state index contributed by atoms with van der Waals surface area (Å²) in [6, 6.07) is 19.5. The molecule has 25 heavy (non-hydrogen) atoms. The van der Waals surface area contributed by atoms with Gasteiger partial charge in [0.2, 0.25) is 5.91 Å². The number of amides is 1. The van der Waals surface area contributed by atoms with Gasteiger partial charge in [-0.3, -0.25) is 9.69 Å². The summed E-state index contributed by atoms with van der Waals surface area (Å²) in [4.78, 5) is 17.5. The first kappa shape index (κ1) is 16.3. The van der Waals surface area contributed by atoms with Gasteiger partial charge in [0.1, 0.15) is 0 Å². The third-order valence-electron chi connectivity index (χ3n) is 5.76. The maximum absolute atomic E-state index is 12.9. The van der Waals surface area contributed by atoms with Gasteiger partial charge in [-0.05, 0) is 29.5 Å². The van der Waals surface area contributed by atoms with Gasteiger partial charge >= 0.3 is 0 Å². The number of hydrogen-bond acceptors (Lipinski definition) is 2. The third-order valence-corrected chi connectivity index (χ3v) is 5.76. The van der Waals surface area contributed by atoms with Crippen LogP contribution in [0.1, 0.15) is 36.0 Å². The zero-order chi connectivity index (χ0) is 17.2. The van der Waals surface area contributed by atoms with E-state index in [2.05, 4.69) is 48.2 Å². The number of nitrogens with zero attached hydrogens (tertiary/aromatic N) is 2. The first-order valence-corrected chi connectivity index (χ1v) is 9.41. The molecule has 2 aliphatic heterocycles. The van der Waals surface area contributed by atoms with Crippen LogP contribution in [0.3, 0.4) is 0 Å². The van der Waals surface area contributed by atoms with E-state index in [1.807, 2.05) is 23.1 Å². The highest BCUT2D eigenvalue weighted by Crippen LogP contribution is 2.28. The molecule has 0 spiro atoms. The lowest BCUT2D eigenvalue weighted by Crippen LogP contribution is -2.62. The van der Waals surface area contributed by atoms with E-state index >= 15 is 0 Å². The van der Waals surface area contributed by atoms with Crippen LogP contribution in [-0.2, 0) is 17.8 Å². The van der Waals surface area contributed by atoms with Crippen molar-refractivity contribution in [1.29, 1.82) is 0 Å². The largest absolute Gasteiger partial charge is 0.339 e. The standard InChI is InChI=1S/C22H26N2O/c1-2-21(18-9-4-3-5-10-18)22(25)24-15-20(16-24)23-13-12-17-8-6-7-11-19(17)14-23/h3-11,20-21H,2,12-16H2,1H3/t21-/m1/s1. The quantitative estimate of drug-likeness (QED) is 0.855. The third kappa shape index (κ3) is 3.21. The van der Waals surface area contributed by atoms with E-state index in [0.29, 0.717) is 11.9 Å². The van der Waals surface area contributed by atoms with Gasteiger partial charge in [0.25, 0.3) is 0 Å². The van der Waals surface area contributed by atoms with Crippen molar-refractivity contribution in [3.63, 3.8) is 0 Å². The number of rotatable bonds is 4. The first-order chi connectivity index (χ1) is 12.3. The second kappa shape index (κ2) is 7.01. The van der Waals surface area contributed by atoms with Crippen LogP contribution in [-0.4, -0.2) is 41.4 Å². The highest BCUT2D eigenvalue weighted by atomic mass is 16.2. The van der Waals surface area contributed by atoms with E-state index in [1.165, 1.54) is 11.1 Å². The van der Waals surface area contributed by atoms with E-state index in [9.17, 15) is 4.79 Å². The summed E-state index contributed by atoms with van der Waals surface area (Å²) in [5.41, 5.74) is 4.08. The van der Waals surface area contributed by atoms with Crippen molar-refractivity contribution in [1.82, 2.24) is 9.80 Å². The second-order valence-corrected chi connectivity index (χ2v) is 7.26. The molecule has 1 saturated heterocycles. The molecule has 2 aromatic rings. The summed E-state index contributed by atoms with van der Waals surface area (Å²) in [6.07, 6.45) is 1.99. The Labute approximate surface area is 150 Å². The number of fused-ring (bicyclic) bond motifs is 1. The molecule has 0 unspecified atom stereocenters. The topological polar surface area (TPSA) is 23.6 Å². The molecule has 2 aliphatic rings. The monoisotopic (exact) mass is 334 g/mol. The maximum atomic E-state index is 12.9. The predicted molar refractivity (Wildman–Crippen MR) is 100 cm³/mol. The molecule has 4 rings (SSSR count). The lowest BCUT2D eigenvalue weighted by Gasteiger charge is -2.47. The highest BCUT2D eigenvalue weighted by Gasteiger charge is 2.38. The Bertz CT molecular complexity index is 737. The maximum Gasteiger partial charge on any atom is 0.230 e. The number of carbonyl (C=O) groups excluding carboxylic acids is 1. The summed E-state index contributed by atoms with van der Waals surface area (Å²) in [6.45, 7) is 6.00. The molecular weight excluding hydrogens is 308 g/mol. The van der Waals surface area contributed by atoms with Gasteiger partial charge < -0.3 is 4.90 Å². The van der Waals surface area contributed by atoms with E-state index < -0.39 is 0 Å². The Kier molecular flexibility index (Phi) is 4.58. The molecule has 0 aromatic heterocycles.